The van der Waals surface area contributed by atoms with Gasteiger partial charge in [0.2, 0.25) is 5.91 Å². The van der Waals surface area contributed by atoms with Gasteiger partial charge in [0.15, 0.2) is 0 Å². The molecule has 0 radical (unpaired) electrons. The summed E-state index contributed by atoms with van der Waals surface area (Å²) < 4.78 is 0. The number of nitrogens with zero attached hydrogens (tertiary/aromatic N) is 3. The number of hydrogen-bond donors (Lipinski definition) is 0. The van der Waals surface area contributed by atoms with E-state index >= 15 is 0 Å². The number of halogens is 1. The van der Waals surface area contributed by atoms with E-state index in [1.807, 2.05) is 29.2 Å². The topological polar surface area (TPSA) is 36.4 Å². The lowest BCUT2D eigenvalue weighted by Crippen LogP contribution is -2.48. The number of piperazine rings is 1. The molecule has 1 aromatic heterocycles. The summed E-state index contributed by atoms with van der Waals surface area (Å²) in [6, 6.07) is 11.9. The Labute approximate surface area is 148 Å². The van der Waals surface area contributed by atoms with Gasteiger partial charge in [-0.3, -0.25) is 14.7 Å². The molecule has 126 valence electrons. The van der Waals surface area contributed by atoms with E-state index in [2.05, 4.69) is 22.0 Å². The number of pyridine rings is 1. The molecule has 0 atom stereocenters. The minimum Gasteiger partial charge on any atom is -0.340 e. The fraction of sp³-hybridized carbons (Fsp3) is 0.368. The van der Waals surface area contributed by atoms with Gasteiger partial charge in [-0.15, -0.1) is 0 Å². The fourth-order valence-electron chi connectivity index (χ4n) is 2.96. The van der Waals surface area contributed by atoms with Gasteiger partial charge in [-0.25, -0.2) is 0 Å². The maximum atomic E-state index is 12.4. The molecule has 0 spiro atoms. The Kier molecular flexibility index (Phi) is 5.83. The van der Waals surface area contributed by atoms with Crippen molar-refractivity contribution in [1.29, 1.82) is 0 Å². The molecule has 1 aliphatic rings. The van der Waals surface area contributed by atoms with Crippen molar-refractivity contribution >= 4 is 17.5 Å². The molecule has 0 N–H and O–H groups in total. The SMILES string of the molecule is O=C(CCc1ccncc1)N1CCN(Cc2ccc(Cl)cc2)CC1. The lowest BCUT2D eigenvalue weighted by Gasteiger charge is -2.34. The van der Waals surface area contributed by atoms with Crippen LogP contribution in [0.1, 0.15) is 17.5 Å². The number of benzene rings is 1. The quantitative estimate of drug-likeness (QED) is 0.837. The minimum absolute atomic E-state index is 0.248. The average molecular weight is 344 g/mol. The van der Waals surface area contributed by atoms with E-state index < -0.39 is 0 Å². The molecule has 0 aliphatic carbocycles. The number of rotatable bonds is 5. The summed E-state index contributed by atoms with van der Waals surface area (Å²) in [5.74, 6) is 0.248. The molecule has 3 rings (SSSR count). The van der Waals surface area contributed by atoms with E-state index in [0.717, 1.165) is 44.2 Å². The molecule has 1 aliphatic heterocycles. The van der Waals surface area contributed by atoms with Crippen molar-refractivity contribution < 1.29 is 4.79 Å². The monoisotopic (exact) mass is 343 g/mol. The summed E-state index contributed by atoms with van der Waals surface area (Å²) >= 11 is 5.92. The Morgan fingerprint density at radius 3 is 2.29 bits per heavy atom. The first-order valence-electron chi connectivity index (χ1n) is 8.34. The van der Waals surface area contributed by atoms with Crippen LogP contribution >= 0.6 is 11.6 Å². The van der Waals surface area contributed by atoms with Crippen molar-refractivity contribution in [2.45, 2.75) is 19.4 Å². The lowest BCUT2D eigenvalue weighted by molar-refractivity contribution is -0.133. The van der Waals surface area contributed by atoms with Crippen molar-refractivity contribution in [2.24, 2.45) is 0 Å². The Morgan fingerprint density at radius 1 is 0.958 bits per heavy atom. The summed E-state index contributed by atoms with van der Waals surface area (Å²) in [5, 5.41) is 0.767. The first kappa shape index (κ1) is 16.9. The van der Waals surface area contributed by atoms with Gasteiger partial charge in [0.1, 0.15) is 0 Å². The predicted octanol–water partition coefficient (Wildman–Crippen LogP) is 3.01. The highest BCUT2D eigenvalue weighted by Crippen LogP contribution is 2.13. The first-order valence-corrected chi connectivity index (χ1v) is 8.72. The van der Waals surface area contributed by atoms with Gasteiger partial charge < -0.3 is 4.90 Å². The zero-order chi connectivity index (χ0) is 16.8. The molecule has 1 fully saturated rings. The van der Waals surface area contributed by atoms with Gasteiger partial charge in [-0.05, 0) is 41.8 Å². The van der Waals surface area contributed by atoms with Crippen LogP contribution in [0.4, 0.5) is 0 Å². The lowest BCUT2D eigenvalue weighted by atomic mass is 10.1. The summed E-state index contributed by atoms with van der Waals surface area (Å²) in [6.07, 6.45) is 4.90. The summed E-state index contributed by atoms with van der Waals surface area (Å²) in [5.41, 5.74) is 2.43. The molecule has 0 saturated carbocycles. The van der Waals surface area contributed by atoms with Crippen LogP contribution in [-0.2, 0) is 17.8 Å². The van der Waals surface area contributed by atoms with Crippen LogP contribution in [0.15, 0.2) is 48.8 Å². The van der Waals surface area contributed by atoms with Crippen LogP contribution in [0.5, 0.6) is 0 Å². The second-order valence-corrected chi connectivity index (χ2v) is 6.58. The van der Waals surface area contributed by atoms with E-state index in [1.54, 1.807) is 12.4 Å². The third kappa shape index (κ3) is 4.79. The highest BCUT2D eigenvalue weighted by molar-refractivity contribution is 6.30. The maximum absolute atomic E-state index is 12.4. The third-order valence-corrected chi connectivity index (χ3v) is 4.67. The molecular weight excluding hydrogens is 322 g/mol. The Hall–Kier alpha value is -1.91. The van der Waals surface area contributed by atoms with Crippen LogP contribution in [0, 0.1) is 0 Å². The molecule has 1 aromatic carbocycles. The second kappa shape index (κ2) is 8.27. The Morgan fingerprint density at radius 2 is 1.62 bits per heavy atom. The summed E-state index contributed by atoms with van der Waals surface area (Å²) in [7, 11) is 0. The van der Waals surface area contributed by atoms with Gasteiger partial charge in [-0.1, -0.05) is 23.7 Å². The molecule has 4 nitrogen and oxygen atoms in total. The number of aryl methyl sites for hydroxylation is 1. The molecule has 0 unspecified atom stereocenters. The number of amides is 1. The Balaban J connectivity index is 1.42. The van der Waals surface area contributed by atoms with E-state index in [0.29, 0.717) is 6.42 Å². The number of carbonyl (C=O) groups is 1. The van der Waals surface area contributed by atoms with E-state index in [1.165, 1.54) is 11.1 Å². The molecule has 1 saturated heterocycles. The minimum atomic E-state index is 0.248. The Bertz CT molecular complexity index is 652. The van der Waals surface area contributed by atoms with Crippen LogP contribution in [0.25, 0.3) is 0 Å². The number of aromatic nitrogens is 1. The number of hydrogen-bond acceptors (Lipinski definition) is 3. The third-order valence-electron chi connectivity index (χ3n) is 4.42. The second-order valence-electron chi connectivity index (χ2n) is 6.14. The van der Waals surface area contributed by atoms with Gasteiger partial charge >= 0.3 is 0 Å². The van der Waals surface area contributed by atoms with Crippen LogP contribution < -0.4 is 0 Å². The van der Waals surface area contributed by atoms with Crippen molar-refractivity contribution in [3.63, 3.8) is 0 Å². The standard InChI is InChI=1S/C19H22ClN3O/c20-18-4-1-17(2-5-18)15-22-11-13-23(14-12-22)19(24)6-3-16-7-9-21-10-8-16/h1-2,4-5,7-10H,3,6,11-15H2. The van der Waals surface area contributed by atoms with Crippen LogP contribution in [-0.4, -0.2) is 46.9 Å². The van der Waals surface area contributed by atoms with E-state index in [9.17, 15) is 4.79 Å². The highest BCUT2D eigenvalue weighted by Gasteiger charge is 2.20. The molecule has 1 amide bonds. The normalized spacial score (nSPS) is 15.5. The van der Waals surface area contributed by atoms with Gasteiger partial charge in [0.05, 0.1) is 0 Å². The van der Waals surface area contributed by atoms with Crippen molar-refractivity contribution in [1.82, 2.24) is 14.8 Å². The molecular formula is C19H22ClN3O. The van der Waals surface area contributed by atoms with Gasteiger partial charge in [0.25, 0.3) is 0 Å². The number of carbonyl (C=O) groups excluding carboxylic acids is 1. The van der Waals surface area contributed by atoms with Crippen molar-refractivity contribution in [2.75, 3.05) is 26.2 Å². The smallest absolute Gasteiger partial charge is 0.222 e. The zero-order valence-corrected chi connectivity index (χ0v) is 14.5. The molecule has 2 heterocycles. The fourth-order valence-corrected chi connectivity index (χ4v) is 3.09. The molecule has 24 heavy (non-hydrogen) atoms. The maximum Gasteiger partial charge on any atom is 0.222 e. The highest BCUT2D eigenvalue weighted by atomic mass is 35.5. The molecule has 5 heteroatoms. The van der Waals surface area contributed by atoms with Gasteiger partial charge in [0, 0.05) is 56.6 Å². The van der Waals surface area contributed by atoms with Crippen LogP contribution in [0.2, 0.25) is 5.02 Å². The average Bonchev–Trinajstić information content (AvgIpc) is 2.63. The van der Waals surface area contributed by atoms with Crippen molar-refractivity contribution in [3.8, 4) is 0 Å². The predicted molar refractivity (Wildman–Crippen MR) is 95.9 cm³/mol. The van der Waals surface area contributed by atoms with Crippen LogP contribution in [0.3, 0.4) is 0 Å². The van der Waals surface area contributed by atoms with Crippen molar-refractivity contribution in [3.05, 3.63) is 64.9 Å². The molecule has 0 bridgehead atoms. The largest absolute Gasteiger partial charge is 0.340 e. The summed E-state index contributed by atoms with van der Waals surface area (Å²) in [6.45, 7) is 4.37. The molecule has 2 aromatic rings. The van der Waals surface area contributed by atoms with Gasteiger partial charge in [-0.2, -0.15) is 0 Å². The zero-order valence-electron chi connectivity index (χ0n) is 13.7. The first-order chi connectivity index (χ1) is 11.7. The van der Waals surface area contributed by atoms with E-state index in [4.69, 9.17) is 11.6 Å². The van der Waals surface area contributed by atoms with E-state index in [-0.39, 0.29) is 5.91 Å². The summed E-state index contributed by atoms with van der Waals surface area (Å²) in [4.78, 5) is 20.7.